The summed E-state index contributed by atoms with van der Waals surface area (Å²) in [5.41, 5.74) is 1.84. The molecule has 0 bridgehead atoms. The standard InChI is InChI=1S/C25H21Cl2N5O2/c1-3-4-5-10-31-22(30-24(33)18-9-8-17(26)13-20(18)27)16(14-28)12-19-23(31)29-21-15(2)7-6-11-32(21)25(19)34/h6-9,11-13H,3-5,10H2,1-2H3. The van der Waals surface area contributed by atoms with Crippen molar-refractivity contribution < 1.29 is 4.79 Å². The van der Waals surface area contributed by atoms with Crippen LogP contribution < -0.4 is 11.0 Å². The third-order valence-corrected chi connectivity index (χ3v) is 6.13. The molecule has 0 spiro atoms. The normalized spacial score (nSPS) is 11.8. The molecule has 0 fully saturated rings. The molecule has 0 aliphatic carbocycles. The molecular weight excluding hydrogens is 473 g/mol. The van der Waals surface area contributed by atoms with Crippen molar-refractivity contribution in [2.24, 2.45) is 4.99 Å². The van der Waals surface area contributed by atoms with Crippen molar-refractivity contribution in [3.63, 3.8) is 0 Å². The summed E-state index contributed by atoms with van der Waals surface area (Å²) in [6.07, 6.45) is 4.31. The van der Waals surface area contributed by atoms with E-state index in [0.29, 0.717) is 22.9 Å². The number of aromatic nitrogens is 3. The molecule has 4 rings (SSSR count). The van der Waals surface area contributed by atoms with Crippen LogP contribution in [0.3, 0.4) is 0 Å². The molecule has 0 unspecified atom stereocenters. The average Bonchev–Trinajstić information content (AvgIpc) is 2.81. The van der Waals surface area contributed by atoms with Gasteiger partial charge in [0.05, 0.1) is 21.5 Å². The lowest BCUT2D eigenvalue weighted by molar-refractivity contribution is 0.0997. The van der Waals surface area contributed by atoms with E-state index in [1.54, 1.807) is 22.9 Å². The highest BCUT2D eigenvalue weighted by Gasteiger charge is 2.17. The molecule has 0 N–H and O–H groups in total. The summed E-state index contributed by atoms with van der Waals surface area (Å²) in [6, 6.07) is 11.7. The number of hydrogen-bond acceptors (Lipinski definition) is 4. The van der Waals surface area contributed by atoms with Crippen LogP contribution in [0, 0.1) is 18.3 Å². The lowest BCUT2D eigenvalue weighted by atomic mass is 10.2. The van der Waals surface area contributed by atoms with E-state index in [-0.39, 0.29) is 32.6 Å². The number of carbonyl (C=O) groups excluding carboxylic acids is 1. The predicted molar refractivity (Wildman–Crippen MR) is 132 cm³/mol. The third-order valence-electron chi connectivity index (χ3n) is 5.58. The highest BCUT2D eigenvalue weighted by Crippen LogP contribution is 2.22. The molecule has 9 heteroatoms. The molecule has 0 atom stereocenters. The molecule has 4 aromatic rings. The van der Waals surface area contributed by atoms with Gasteiger partial charge in [-0.1, -0.05) is 49.0 Å². The largest absolute Gasteiger partial charge is 0.309 e. The van der Waals surface area contributed by atoms with E-state index in [2.05, 4.69) is 18.0 Å². The fourth-order valence-electron chi connectivity index (χ4n) is 3.84. The number of benzene rings is 1. The maximum atomic E-state index is 13.3. The minimum Gasteiger partial charge on any atom is -0.309 e. The van der Waals surface area contributed by atoms with Crippen LogP contribution in [0.1, 0.15) is 47.7 Å². The summed E-state index contributed by atoms with van der Waals surface area (Å²) < 4.78 is 3.16. The summed E-state index contributed by atoms with van der Waals surface area (Å²) in [4.78, 5) is 35.4. The Morgan fingerprint density at radius 2 is 1.97 bits per heavy atom. The summed E-state index contributed by atoms with van der Waals surface area (Å²) in [5, 5.41) is 10.7. The van der Waals surface area contributed by atoms with Crippen molar-refractivity contribution in [1.29, 1.82) is 5.26 Å². The summed E-state index contributed by atoms with van der Waals surface area (Å²) >= 11 is 12.2. The quantitative estimate of drug-likeness (QED) is 0.286. The molecule has 1 amide bonds. The fourth-order valence-corrected chi connectivity index (χ4v) is 4.33. The monoisotopic (exact) mass is 493 g/mol. The first-order valence-electron chi connectivity index (χ1n) is 10.9. The van der Waals surface area contributed by atoms with Gasteiger partial charge in [0, 0.05) is 17.8 Å². The Kier molecular flexibility index (Phi) is 6.82. The predicted octanol–water partition coefficient (Wildman–Crippen LogP) is 5.07. The van der Waals surface area contributed by atoms with Crippen LogP contribution in [0.4, 0.5) is 0 Å². The molecule has 0 saturated carbocycles. The lowest BCUT2D eigenvalue weighted by Gasteiger charge is -2.14. The Bertz CT molecular complexity index is 1610. The Morgan fingerprint density at radius 1 is 1.18 bits per heavy atom. The smallest absolute Gasteiger partial charge is 0.280 e. The molecule has 0 saturated heterocycles. The average molecular weight is 494 g/mol. The second-order valence-electron chi connectivity index (χ2n) is 7.93. The number of unbranched alkanes of at least 4 members (excludes halogenated alkanes) is 2. The van der Waals surface area contributed by atoms with Gasteiger partial charge in [-0.3, -0.25) is 14.0 Å². The van der Waals surface area contributed by atoms with E-state index in [9.17, 15) is 14.9 Å². The number of fused-ring (bicyclic) bond motifs is 2. The van der Waals surface area contributed by atoms with Gasteiger partial charge < -0.3 is 4.57 Å². The number of nitrogens with zero attached hydrogens (tertiary/aromatic N) is 5. The first kappa shape index (κ1) is 23.7. The van der Waals surface area contributed by atoms with Crippen LogP contribution >= 0.6 is 23.2 Å². The Morgan fingerprint density at radius 3 is 2.68 bits per heavy atom. The van der Waals surface area contributed by atoms with E-state index >= 15 is 0 Å². The summed E-state index contributed by atoms with van der Waals surface area (Å²) in [5.74, 6) is -0.615. The first-order chi connectivity index (χ1) is 16.3. The van der Waals surface area contributed by atoms with Gasteiger partial charge >= 0.3 is 0 Å². The van der Waals surface area contributed by atoms with Gasteiger partial charge in [-0.25, -0.2) is 4.98 Å². The van der Waals surface area contributed by atoms with Crippen LogP contribution in [-0.2, 0) is 6.54 Å². The van der Waals surface area contributed by atoms with E-state index in [1.807, 2.05) is 13.0 Å². The van der Waals surface area contributed by atoms with Gasteiger partial charge in [0.2, 0.25) is 0 Å². The Balaban J connectivity index is 2.08. The maximum Gasteiger partial charge on any atom is 0.280 e. The highest BCUT2D eigenvalue weighted by molar-refractivity contribution is 6.36. The summed E-state index contributed by atoms with van der Waals surface area (Å²) in [7, 11) is 0. The van der Waals surface area contributed by atoms with Gasteiger partial charge in [0.1, 0.15) is 17.4 Å². The van der Waals surface area contributed by atoms with Gasteiger partial charge in [-0.05, 0) is 49.2 Å². The molecule has 0 aliphatic heterocycles. The molecule has 3 aromatic heterocycles. The minimum absolute atomic E-state index is 0.105. The molecular formula is C25H21Cl2N5O2. The third kappa shape index (κ3) is 4.35. The summed E-state index contributed by atoms with van der Waals surface area (Å²) in [6.45, 7) is 4.39. The SMILES string of the molecule is CCCCCn1c(=NC(=O)c2ccc(Cl)cc2Cl)c(C#N)cc2c(=O)n3cccc(C)c3nc21. The molecule has 7 nitrogen and oxygen atoms in total. The number of rotatable bonds is 5. The van der Waals surface area contributed by atoms with Gasteiger partial charge in [-0.2, -0.15) is 10.3 Å². The first-order valence-corrected chi connectivity index (χ1v) is 11.6. The van der Waals surface area contributed by atoms with Crippen LogP contribution in [0.25, 0.3) is 16.7 Å². The number of amides is 1. The molecule has 0 radical (unpaired) electrons. The number of nitriles is 1. The van der Waals surface area contributed by atoms with Crippen LogP contribution in [0.15, 0.2) is 52.4 Å². The van der Waals surface area contributed by atoms with E-state index < -0.39 is 5.91 Å². The zero-order valence-electron chi connectivity index (χ0n) is 18.7. The highest BCUT2D eigenvalue weighted by atomic mass is 35.5. The second-order valence-corrected chi connectivity index (χ2v) is 8.78. The number of aryl methyl sites for hydroxylation is 2. The van der Waals surface area contributed by atoms with Gasteiger partial charge in [0.25, 0.3) is 11.5 Å². The van der Waals surface area contributed by atoms with Crippen LogP contribution in [0.5, 0.6) is 0 Å². The van der Waals surface area contributed by atoms with E-state index in [1.165, 1.54) is 22.6 Å². The molecule has 1 aromatic carbocycles. The minimum atomic E-state index is -0.615. The lowest BCUT2D eigenvalue weighted by Crippen LogP contribution is -2.30. The fraction of sp³-hybridized carbons (Fsp3) is 0.240. The van der Waals surface area contributed by atoms with Crippen LogP contribution in [-0.4, -0.2) is 19.9 Å². The maximum absolute atomic E-state index is 13.3. The van der Waals surface area contributed by atoms with Crippen LogP contribution in [0.2, 0.25) is 10.0 Å². The van der Waals surface area contributed by atoms with Gasteiger partial charge in [-0.15, -0.1) is 0 Å². The number of carbonyl (C=O) groups is 1. The van der Waals surface area contributed by atoms with Crippen molar-refractivity contribution >= 4 is 45.8 Å². The van der Waals surface area contributed by atoms with Crippen molar-refractivity contribution in [1.82, 2.24) is 14.0 Å². The van der Waals surface area contributed by atoms with Crippen molar-refractivity contribution in [2.45, 2.75) is 39.7 Å². The number of halogens is 2. The number of pyridine rings is 2. The Labute approximate surface area is 205 Å². The molecule has 3 heterocycles. The second kappa shape index (κ2) is 9.80. The molecule has 0 aliphatic rings. The zero-order valence-corrected chi connectivity index (χ0v) is 20.2. The molecule has 34 heavy (non-hydrogen) atoms. The topological polar surface area (TPSA) is 92.5 Å². The van der Waals surface area contributed by atoms with Crippen molar-refractivity contribution in [3.05, 3.63) is 85.2 Å². The number of hydrogen-bond donors (Lipinski definition) is 0. The van der Waals surface area contributed by atoms with E-state index in [0.717, 1.165) is 24.8 Å². The van der Waals surface area contributed by atoms with Crippen molar-refractivity contribution in [3.8, 4) is 6.07 Å². The molecule has 172 valence electrons. The van der Waals surface area contributed by atoms with E-state index in [4.69, 9.17) is 28.2 Å². The Hall–Kier alpha value is -3.47. The van der Waals surface area contributed by atoms with Gasteiger partial charge in [0.15, 0.2) is 5.49 Å². The zero-order chi connectivity index (χ0) is 24.4. The van der Waals surface area contributed by atoms with Crippen molar-refractivity contribution in [2.75, 3.05) is 0 Å².